The molecule has 1 fully saturated rings. The average Bonchev–Trinajstić information content (AvgIpc) is 2.16. The largest absolute Gasteiger partial charge is 0.388 e. The van der Waals surface area contributed by atoms with Crippen molar-refractivity contribution in [3.05, 3.63) is 0 Å². The van der Waals surface area contributed by atoms with Crippen molar-refractivity contribution in [1.82, 2.24) is 0 Å². The molecule has 1 atom stereocenters. The molecule has 2 heteroatoms. The molecule has 0 aromatic carbocycles. The third-order valence-electron chi connectivity index (χ3n) is 2.77. The molecule has 0 heterocycles. The van der Waals surface area contributed by atoms with Crippen molar-refractivity contribution in [3.63, 3.8) is 0 Å². The SMILES string of the molecule is OC1CCCCCCCCCC1=S. The molecule has 0 bridgehead atoms. The summed E-state index contributed by atoms with van der Waals surface area (Å²) in [5, 5.41) is 9.65. The first-order chi connectivity index (χ1) is 6.30. The molecule has 1 nitrogen and oxygen atoms in total. The summed E-state index contributed by atoms with van der Waals surface area (Å²) in [5.74, 6) is 0. The first-order valence-electron chi connectivity index (χ1n) is 5.51. The maximum absolute atomic E-state index is 9.65. The Labute approximate surface area is 86.5 Å². The lowest BCUT2D eigenvalue weighted by Gasteiger charge is -2.10. The van der Waals surface area contributed by atoms with E-state index in [0.29, 0.717) is 0 Å². The van der Waals surface area contributed by atoms with Gasteiger partial charge in [-0.1, -0.05) is 50.7 Å². The highest BCUT2D eigenvalue weighted by atomic mass is 32.1. The highest BCUT2D eigenvalue weighted by molar-refractivity contribution is 7.80. The molecule has 0 spiro atoms. The number of aliphatic hydroxyl groups excluding tert-OH is 1. The minimum atomic E-state index is -0.298. The van der Waals surface area contributed by atoms with Crippen LogP contribution in [-0.2, 0) is 0 Å². The van der Waals surface area contributed by atoms with Crippen molar-refractivity contribution < 1.29 is 5.11 Å². The molecule has 0 aromatic rings. The standard InChI is InChI=1S/C11H20OS/c12-10-8-6-4-2-1-3-5-7-9-11(10)13/h10,12H,1-9H2. The van der Waals surface area contributed by atoms with Gasteiger partial charge in [-0.05, 0) is 19.3 Å². The van der Waals surface area contributed by atoms with Gasteiger partial charge in [0.25, 0.3) is 0 Å². The molecule has 0 saturated heterocycles. The van der Waals surface area contributed by atoms with Crippen LogP contribution < -0.4 is 0 Å². The predicted octanol–water partition coefficient (Wildman–Crippen LogP) is 3.24. The summed E-state index contributed by atoms with van der Waals surface area (Å²) in [4.78, 5) is 0.891. The van der Waals surface area contributed by atoms with E-state index in [4.69, 9.17) is 12.2 Å². The van der Waals surface area contributed by atoms with Gasteiger partial charge >= 0.3 is 0 Å². The lowest BCUT2D eigenvalue weighted by molar-refractivity contribution is 0.226. The van der Waals surface area contributed by atoms with E-state index in [1.807, 2.05) is 0 Å². The second kappa shape index (κ2) is 6.50. The van der Waals surface area contributed by atoms with Gasteiger partial charge in [0.15, 0.2) is 0 Å². The zero-order valence-electron chi connectivity index (χ0n) is 8.30. The third kappa shape index (κ3) is 4.72. The molecule has 1 aliphatic rings. The lowest BCUT2D eigenvalue weighted by Crippen LogP contribution is -2.17. The zero-order valence-corrected chi connectivity index (χ0v) is 9.11. The Morgan fingerprint density at radius 1 is 0.923 bits per heavy atom. The Balaban J connectivity index is 2.31. The second-order valence-corrected chi connectivity index (χ2v) is 4.52. The molecule has 0 radical (unpaired) electrons. The van der Waals surface area contributed by atoms with Gasteiger partial charge in [0.1, 0.15) is 0 Å². The van der Waals surface area contributed by atoms with Crippen molar-refractivity contribution in [2.75, 3.05) is 0 Å². The van der Waals surface area contributed by atoms with Gasteiger partial charge in [-0.25, -0.2) is 0 Å². The van der Waals surface area contributed by atoms with Crippen LogP contribution in [0.5, 0.6) is 0 Å². The Morgan fingerprint density at radius 2 is 1.46 bits per heavy atom. The van der Waals surface area contributed by atoms with Crippen molar-refractivity contribution in [3.8, 4) is 0 Å². The van der Waals surface area contributed by atoms with Gasteiger partial charge in [-0.3, -0.25) is 0 Å². The predicted molar refractivity (Wildman–Crippen MR) is 60.2 cm³/mol. The summed E-state index contributed by atoms with van der Waals surface area (Å²) >= 11 is 5.17. The first kappa shape index (κ1) is 11.1. The molecule has 1 rings (SSSR count). The summed E-state index contributed by atoms with van der Waals surface area (Å²) in [7, 11) is 0. The van der Waals surface area contributed by atoms with E-state index >= 15 is 0 Å². The van der Waals surface area contributed by atoms with Crippen LogP contribution in [-0.4, -0.2) is 16.1 Å². The smallest absolute Gasteiger partial charge is 0.0852 e. The van der Waals surface area contributed by atoms with Crippen molar-refractivity contribution in [2.24, 2.45) is 0 Å². The van der Waals surface area contributed by atoms with E-state index in [2.05, 4.69) is 0 Å². The Bertz CT molecular complexity index is 156. The van der Waals surface area contributed by atoms with Crippen molar-refractivity contribution in [1.29, 1.82) is 0 Å². The molecular formula is C11H20OS. The topological polar surface area (TPSA) is 20.2 Å². The molecule has 1 aliphatic carbocycles. The van der Waals surface area contributed by atoms with Gasteiger partial charge in [-0.15, -0.1) is 0 Å². The van der Waals surface area contributed by atoms with E-state index in [1.165, 1.54) is 38.5 Å². The van der Waals surface area contributed by atoms with Crippen LogP contribution in [0.1, 0.15) is 57.8 Å². The number of rotatable bonds is 0. The monoisotopic (exact) mass is 200 g/mol. The molecule has 0 aromatic heterocycles. The summed E-state index contributed by atoms with van der Waals surface area (Å²) in [6, 6.07) is 0. The van der Waals surface area contributed by atoms with Crippen LogP contribution >= 0.6 is 12.2 Å². The van der Waals surface area contributed by atoms with E-state index in [1.54, 1.807) is 0 Å². The van der Waals surface area contributed by atoms with Crippen LogP contribution in [0.4, 0.5) is 0 Å². The Kier molecular flexibility index (Phi) is 5.56. The maximum atomic E-state index is 9.65. The van der Waals surface area contributed by atoms with Crippen LogP contribution in [0.3, 0.4) is 0 Å². The molecule has 1 saturated carbocycles. The zero-order chi connectivity index (χ0) is 9.52. The third-order valence-corrected chi connectivity index (χ3v) is 3.25. The normalized spacial score (nSPS) is 28.1. The van der Waals surface area contributed by atoms with Crippen molar-refractivity contribution >= 4 is 17.1 Å². The summed E-state index contributed by atoms with van der Waals surface area (Å²) in [6.07, 6.45) is 10.5. The molecule has 13 heavy (non-hydrogen) atoms. The van der Waals surface area contributed by atoms with E-state index < -0.39 is 0 Å². The van der Waals surface area contributed by atoms with Crippen LogP contribution in [0.25, 0.3) is 0 Å². The first-order valence-corrected chi connectivity index (χ1v) is 5.92. The fraction of sp³-hybridized carbons (Fsp3) is 0.909. The van der Waals surface area contributed by atoms with E-state index in [0.717, 1.165) is 24.1 Å². The average molecular weight is 200 g/mol. The molecule has 0 aliphatic heterocycles. The number of hydrogen-bond acceptors (Lipinski definition) is 2. The molecule has 1 N–H and O–H groups in total. The van der Waals surface area contributed by atoms with Gasteiger partial charge < -0.3 is 5.11 Å². The van der Waals surface area contributed by atoms with Crippen LogP contribution in [0.15, 0.2) is 0 Å². The lowest BCUT2D eigenvalue weighted by atomic mass is 10.1. The van der Waals surface area contributed by atoms with Gasteiger partial charge in [-0.2, -0.15) is 0 Å². The molecular weight excluding hydrogens is 180 g/mol. The Hall–Kier alpha value is 0.0500. The molecule has 0 amide bonds. The highest BCUT2D eigenvalue weighted by Crippen LogP contribution is 2.15. The fourth-order valence-corrected chi connectivity index (χ4v) is 2.11. The van der Waals surface area contributed by atoms with Crippen molar-refractivity contribution in [2.45, 2.75) is 63.9 Å². The summed E-state index contributed by atoms with van der Waals surface area (Å²) < 4.78 is 0. The minimum absolute atomic E-state index is 0.298. The van der Waals surface area contributed by atoms with E-state index in [-0.39, 0.29) is 6.10 Å². The molecule has 1 unspecified atom stereocenters. The number of thiocarbonyl (C=S) groups is 1. The highest BCUT2D eigenvalue weighted by Gasteiger charge is 2.10. The fourth-order valence-electron chi connectivity index (χ4n) is 1.85. The number of aliphatic hydroxyl groups is 1. The van der Waals surface area contributed by atoms with Gasteiger partial charge in [0, 0.05) is 4.86 Å². The van der Waals surface area contributed by atoms with Crippen LogP contribution in [0, 0.1) is 0 Å². The van der Waals surface area contributed by atoms with Crippen LogP contribution in [0.2, 0.25) is 0 Å². The Morgan fingerprint density at radius 3 is 2.15 bits per heavy atom. The van der Waals surface area contributed by atoms with Gasteiger partial charge in [0.05, 0.1) is 6.10 Å². The van der Waals surface area contributed by atoms with Gasteiger partial charge in [0.2, 0.25) is 0 Å². The maximum Gasteiger partial charge on any atom is 0.0852 e. The van der Waals surface area contributed by atoms with E-state index in [9.17, 15) is 5.11 Å². The number of hydrogen-bond donors (Lipinski definition) is 1. The second-order valence-electron chi connectivity index (χ2n) is 4.00. The quantitative estimate of drug-likeness (QED) is 0.606. The summed E-state index contributed by atoms with van der Waals surface area (Å²) in [6.45, 7) is 0. The molecule has 76 valence electrons. The summed E-state index contributed by atoms with van der Waals surface area (Å²) in [5.41, 5.74) is 0. The minimum Gasteiger partial charge on any atom is -0.388 e.